The van der Waals surface area contributed by atoms with Crippen LogP contribution in [-0.4, -0.2) is 15.6 Å². The van der Waals surface area contributed by atoms with E-state index in [0.29, 0.717) is 6.04 Å². The standard InChI is InChI=1S/C16H21N3/c1-12(13-5-3-6-13)18-15-8-4-7-14(11-15)16-17-9-10-19(16)2/h4,7-13,18H,3,5-6H2,1-2H3. The average Bonchev–Trinajstić information content (AvgIpc) is 2.73. The van der Waals surface area contributed by atoms with Crippen molar-refractivity contribution in [2.24, 2.45) is 13.0 Å². The summed E-state index contributed by atoms with van der Waals surface area (Å²) in [5.74, 6) is 1.86. The molecule has 2 aromatic rings. The Morgan fingerprint density at radius 1 is 1.37 bits per heavy atom. The number of nitrogens with one attached hydrogen (secondary N) is 1. The lowest BCUT2D eigenvalue weighted by atomic mass is 9.80. The Hall–Kier alpha value is -1.77. The van der Waals surface area contributed by atoms with E-state index < -0.39 is 0 Å². The molecule has 1 aromatic heterocycles. The normalized spacial score (nSPS) is 16.9. The molecule has 1 fully saturated rings. The third kappa shape index (κ3) is 2.50. The Morgan fingerprint density at radius 2 is 2.21 bits per heavy atom. The average molecular weight is 255 g/mol. The summed E-state index contributed by atoms with van der Waals surface area (Å²) in [5, 5.41) is 3.63. The van der Waals surface area contributed by atoms with Gasteiger partial charge in [0, 0.05) is 36.7 Å². The van der Waals surface area contributed by atoms with Crippen LogP contribution >= 0.6 is 0 Å². The van der Waals surface area contributed by atoms with Crippen molar-refractivity contribution in [1.29, 1.82) is 0 Å². The van der Waals surface area contributed by atoms with E-state index in [-0.39, 0.29) is 0 Å². The van der Waals surface area contributed by atoms with Crippen molar-refractivity contribution in [3.63, 3.8) is 0 Å². The van der Waals surface area contributed by atoms with E-state index in [1.807, 2.05) is 19.4 Å². The van der Waals surface area contributed by atoms with Crippen molar-refractivity contribution in [2.45, 2.75) is 32.2 Å². The van der Waals surface area contributed by atoms with E-state index in [1.54, 1.807) is 0 Å². The molecule has 0 aliphatic heterocycles. The largest absolute Gasteiger partial charge is 0.382 e. The van der Waals surface area contributed by atoms with Crippen LogP contribution in [0.5, 0.6) is 0 Å². The molecule has 0 amide bonds. The molecular weight excluding hydrogens is 234 g/mol. The van der Waals surface area contributed by atoms with Gasteiger partial charge in [-0.25, -0.2) is 4.98 Å². The molecule has 0 saturated heterocycles. The molecule has 3 rings (SSSR count). The topological polar surface area (TPSA) is 29.9 Å². The summed E-state index contributed by atoms with van der Waals surface area (Å²) in [6.45, 7) is 2.29. The van der Waals surface area contributed by atoms with Crippen LogP contribution in [0.2, 0.25) is 0 Å². The monoisotopic (exact) mass is 255 g/mol. The van der Waals surface area contributed by atoms with Crippen LogP contribution in [0.1, 0.15) is 26.2 Å². The fourth-order valence-corrected chi connectivity index (χ4v) is 2.71. The minimum Gasteiger partial charge on any atom is -0.382 e. The predicted molar refractivity (Wildman–Crippen MR) is 79.1 cm³/mol. The van der Waals surface area contributed by atoms with Gasteiger partial charge in [0.25, 0.3) is 0 Å². The molecule has 1 unspecified atom stereocenters. The van der Waals surface area contributed by atoms with E-state index >= 15 is 0 Å². The number of hydrogen-bond acceptors (Lipinski definition) is 2. The summed E-state index contributed by atoms with van der Waals surface area (Å²) >= 11 is 0. The summed E-state index contributed by atoms with van der Waals surface area (Å²) in [6.07, 6.45) is 7.95. The van der Waals surface area contributed by atoms with E-state index in [0.717, 1.165) is 11.7 Å². The predicted octanol–water partition coefficient (Wildman–Crippen LogP) is 3.69. The van der Waals surface area contributed by atoms with Crippen molar-refractivity contribution in [3.05, 3.63) is 36.7 Å². The van der Waals surface area contributed by atoms with Gasteiger partial charge >= 0.3 is 0 Å². The fourth-order valence-electron chi connectivity index (χ4n) is 2.71. The Balaban J connectivity index is 1.78. The number of hydrogen-bond donors (Lipinski definition) is 1. The highest BCUT2D eigenvalue weighted by Crippen LogP contribution is 2.31. The maximum atomic E-state index is 4.40. The molecule has 3 heteroatoms. The molecule has 0 spiro atoms. The van der Waals surface area contributed by atoms with Crippen LogP contribution in [0.4, 0.5) is 5.69 Å². The van der Waals surface area contributed by atoms with Gasteiger partial charge in [0.15, 0.2) is 0 Å². The number of aryl methyl sites for hydroxylation is 1. The maximum absolute atomic E-state index is 4.40. The highest BCUT2D eigenvalue weighted by Gasteiger charge is 2.23. The summed E-state index contributed by atoms with van der Waals surface area (Å²) in [5.41, 5.74) is 2.36. The van der Waals surface area contributed by atoms with Crippen LogP contribution in [0.15, 0.2) is 36.7 Å². The number of nitrogens with zero attached hydrogens (tertiary/aromatic N) is 2. The Labute approximate surface area is 114 Å². The zero-order valence-electron chi connectivity index (χ0n) is 11.6. The quantitative estimate of drug-likeness (QED) is 0.903. The van der Waals surface area contributed by atoms with Gasteiger partial charge in [0.2, 0.25) is 0 Å². The van der Waals surface area contributed by atoms with Gasteiger partial charge < -0.3 is 9.88 Å². The molecule has 1 aliphatic carbocycles. The highest BCUT2D eigenvalue weighted by molar-refractivity contribution is 5.63. The number of aromatic nitrogens is 2. The van der Waals surface area contributed by atoms with E-state index in [1.165, 1.54) is 30.5 Å². The summed E-state index contributed by atoms with van der Waals surface area (Å²) in [7, 11) is 2.03. The molecule has 1 N–H and O–H groups in total. The zero-order chi connectivity index (χ0) is 13.2. The lowest BCUT2D eigenvalue weighted by molar-refractivity contribution is 0.285. The second-order valence-corrected chi connectivity index (χ2v) is 5.57. The lowest BCUT2D eigenvalue weighted by Gasteiger charge is -2.32. The van der Waals surface area contributed by atoms with E-state index in [9.17, 15) is 0 Å². The van der Waals surface area contributed by atoms with Gasteiger partial charge in [-0.15, -0.1) is 0 Å². The molecule has 1 aromatic carbocycles. The minimum absolute atomic E-state index is 0.561. The van der Waals surface area contributed by atoms with Gasteiger partial charge in [0.1, 0.15) is 5.82 Å². The van der Waals surface area contributed by atoms with Crippen LogP contribution < -0.4 is 5.32 Å². The van der Waals surface area contributed by atoms with Gasteiger partial charge in [-0.05, 0) is 37.8 Å². The first kappa shape index (κ1) is 12.3. The Kier molecular flexibility index (Phi) is 3.28. The van der Waals surface area contributed by atoms with Crippen molar-refractivity contribution < 1.29 is 0 Å². The van der Waals surface area contributed by atoms with Gasteiger partial charge in [0.05, 0.1) is 0 Å². The molecule has 0 radical (unpaired) electrons. The van der Waals surface area contributed by atoms with Crippen molar-refractivity contribution in [1.82, 2.24) is 9.55 Å². The Bertz CT molecular complexity index is 555. The third-order valence-electron chi connectivity index (χ3n) is 4.19. The second kappa shape index (κ2) is 5.08. The van der Waals surface area contributed by atoms with Gasteiger partial charge in [-0.2, -0.15) is 0 Å². The second-order valence-electron chi connectivity index (χ2n) is 5.57. The molecular formula is C16H21N3. The van der Waals surface area contributed by atoms with Gasteiger partial charge in [-0.1, -0.05) is 18.6 Å². The SMILES string of the molecule is CC(Nc1cccc(-c2nccn2C)c1)C1CCC1. The van der Waals surface area contributed by atoms with Gasteiger partial charge in [-0.3, -0.25) is 0 Å². The summed E-state index contributed by atoms with van der Waals surface area (Å²) in [6, 6.07) is 9.10. The Morgan fingerprint density at radius 3 is 2.84 bits per heavy atom. The van der Waals surface area contributed by atoms with Crippen LogP contribution in [-0.2, 0) is 7.05 Å². The van der Waals surface area contributed by atoms with Crippen LogP contribution in [0, 0.1) is 5.92 Å². The van der Waals surface area contributed by atoms with E-state index in [4.69, 9.17) is 0 Å². The first-order valence-electron chi connectivity index (χ1n) is 7.08. The number of rotatable bonds is 4. The number of anilines is 1. The van der Waals surface area contributed by atoms with Crippen LogP contribution in [0.25, 0.3) is 11.4 Å². The maximum Gasteiger partial charge on any atom is 0.139 e. The van der Waals surface area contributed by atoms with Crippen molar-refractivity contribution >= 4 is 5.69 Å². The third-order valence-corrected chi connectivity index (χ3v) is 4.19. The molecule has 0 bridgehead atoms. The first-order valence-corrected chi connectivity index (χ1v) is 7.08. The molecule has 1 saturated carbocycles. The van der Waals surface area contributed by atoms with E-state index in [2.05, 4.69) is 46.1 Å². The van der Waals surface area contributed by atoms with Crippen LogP contribution in [0.3, 0.4) is 0 Å². The first-order chi connectivity index (χ1) is 9.24. The molecule has 3 nitrogen and oxygen atoms in total. The fraction of sp³-hybridized carbons (Fsp3) is 0.438. The smallest absolute Gasteiger partial charge is 0.139 e. The molecule has 1 aliphatic rings. The minimum atomic E-state index is 0.561. The number of benzene rings is 1. The molecule has 1 atom stereocenters. The lowest BCUT2D eigenvalue weighted by Crippen LogP contribution is -2.30. The molecule has 100 valence electrons. The highest BCUT2D eigenvalue weighted by atomic mass is 15.0. The van der Waals surface area contributed by atoms with Crippen molar-refractivity contribution in [3.8, 4) is 11.4 Å². The summed E-state index contributed by atoms with van der Waals surface area (Å²) < 4.78 is 2.05. The summed E-state index contributed by atoms with van der Waals surface area (Å²) in [4.78, 5) is 4.40. The molecule has 19 heavy (non-hydrogen) atoms. The van der Waals surface area contributed by atoms with Crippen molar-refractivity contribution in [2.75, 3.05) is 5.32 Å². The number of imidazole rings is 1. The molecule has 1 heterocycles. The zero-order valence-corrected chi connectivity index (χ0v) is 11.6.